The smallest absolute Gasteiger partial charge is 0.386 e. The Balaban J connectivity index is 1.15. The van der Waals surface area contributed by atoms with Crippen LogP contribution in [0, 0.1) is 5.82 Å². The number of piperidine rings is 1. The Morgan fingerprint density at radius 3 is 2.48 bits per heavy atom. The van der Waals surface area contributed by atoms with Crippen LogP contribution in [0.15, 0.2) is 42.7 Å². The first-order valence-corrected chi connectivity index (χ1v) is 16.0. The summed E-state index contributed by atoms with van der Waals surface area (Å²) in [4.78, 5) is 52.4. The highest BCUT2D eigenvalue weighted by Crippen LogP contribution is 2.39. The molecule has 3 N–H and O–H groups in total. The number of anilines is 2. The molecule has 5 heterocycles. The van der Waals surface area contributed by atoms with Gasteiger partial charge in [-0.3, -0.25) is 29.7 Å². The molecular formula is C32H31F4N7O4S. The summed E-state index contributed by atoms with van der Waals surface area (Å²) in [6, 6.07) is 6.14. The van der Waals surface area contributed by atoms with E-state index < -0.39 is 35.2 Å². The summed E-state index contributed by atoms with van der Waals surface area (Å²) >= 11 is 1.46. The number of amides is 4. The fourth-order valence-electron chi connectivity index (χ4n) is 5.76. The lowest BCUT2D eigenvalue weighted by molar-refractivity contribution is -0.141. The third-order valence-corrected chi connectivity index (χ3v) is 9.53. The molecule has 0 radical (unpaired) electrons. The lowest BCUT2D eigenvalue weighted by Gasteiger charge is -2.31. The van der Waals surface area contributed by atoms with Gasteiger partial charge in [0.05, 0.1) is 32.6 Å². The quantitative estimate of drug-likeness (QED) is 0.215. The number of carbonyl (C=O) groups excluding carboxylic acids is 3. The van der Waals surface area contributed by atoms with Crippen LogP contribution in [0.25, 0.3) is 10.2 Å². The van der Waals surface area contributed by atoms with Crippen LogP contribution in [-0.4, -0.2) is 62.4 Å². The maximum atomic E-state index is 14.7. The predicted octanol–water partition coefficient (Wildman–Crippen LogP) is 5.55. The number of likely N-dealkylation sites (tertiary alicyclic amines) is 1. The Morgan fingerprint density at radius 1 is 1.08 bits per heavy atom. The number of thiazole rings is 1. The lowest BCUT2D eigenvalue weighted by atomic mass is 9.95. The van der Waals surface area contributed by atoms with Gasteiger partial charge in [0, 0.05) is 48.4 Å². The molecule has 2 fully saturated rings. The summed E-state index contributed by atoms with van der Waals surface area (Å²) in [5.41, 5.74) is -0.830. The maximum Gasteiger partial charge on any atom is 0.433 e. The van der Waals surface area contributed by atoms with E-state index in [1.807, 2.05) is 0 Å². The molecule has 6 rings (SSSR count). The number of halogens is 4. The first kappa shape index (κ1) is 33.4. The van der Waals surface area contributed by atoms with Crippen molar-refractivity contribution in [3.8, 4) is 0 Å². The van der Waals surface area contributed by atoms with Crippen molar-refractivity contribution in [2.45, 2.75) is 57.3 Å². The molecule has 2 aliphatic heterocycles. The zero-order valence-corrected chi connectivity index (χ0v) is 26.7. The number of rotatable bonds is 7. The normalized spacial score (nSPS) is 16.8. The van der Waals surface area contributed by atoms with Gasteiger partial charge in [-0.05, 0) is 70.1 Å². The number of urea groups is 1. The Hall–Kier alpha value is -4.54. The number of imide groups is 1. The van der Waals surface area contributed by atoms with Crippen LogP contribution in [0.2, 0.25) is 0 Å². The summed E-state index contributed by atoms with van der Waals surface area (Å²) in [7, 11) is 0. The average molecular weight is 686 g/mol. The molecule has 2 aliphatic rings. The number of alkyl halides is 3. The van der Waals surface area contributed by atoms with Crippen molar-refractivity contribution in [3.63, 3.8) is 0 Å². The van der Waals surface area contributed by atoms with Crippen LogP contribution in [0.3, 0.4) is 0 Å². The van der Waals surface area contributed by atoms with Crippen LogP contribution < -0.4 is 15.5 Å². The molecule has 16 heteroatoms. The van der Waals surface area contributed by atoms with Gasteiger partial charge in [0.25, 0.3) is 5.91 Å². The highest BCUT2D eigenvalue weighted by molar-refractivity contribution is 7.18. The number of hydrogen-bond acceptors (Lipinski definition) is 9. The fraction of sp³-hybridized carbons (Fsp3) is 0.375. The Morgan fingerprint density at radius 2 is 1.83 bits per heavy atom. The van der Waals surface area contributed by atoms with E-state index in [9.17, 15) is 37.1 Å². The zero-order chi connectivity index (χ0) is 34.4. The van der Waals surface area contributed by atoms with Crippen molar-refractivity contribution in [1.29, 1.82) is 0 Å². The van der Waals surface area contributed by atoms with Gasteiger partial charge in [-0.25, -0.2) is 19.2 Å². The first-order valence-electron chi connectivity index (χ1n) is 15.2. The van der Waals surface area contributed by atoms with Crippen LogP contribution >= 0.6 is 11.3 Å². The standard InChI is InChI=1S/C32H31F4N7O4S/c1-31(2,47)20-12-23-24(13-22(20)39-28(45)18-3-4-25(37-14-18)32(34,35)36)48-29(40-23)17-5-8-42(9-6-17)16-19-11-26(38-15-21(19)33)43-10-7-27(44)41-30(43)46/h3-4,11-15,17,47H,5-10,16H2,1-2H3,(H,39,45)(H,41,44,46). The van der Waals surface area contributed by atoms with Crippen LogP contribution in [0.1, 0.15) is 71.2 Å². The fourth-order valence-corrected chi connectivity index (χ4v) is 6.92. The molecule has 1 aromatic carbocycles. The molecule has 0 spiro atoms. The average Bonchev–Trinajstić information content (AvgIpc) is 3.44. The van der Waals surface area contributed by atoms with Gasteiger partial charge in [0.1, 0.15) is 17.3 Å². The van der Waals surface area contributed by atoms with E-state index in [1.54, 1.807) is 26.0 Å². The third kappa shape index (κ3) is 7.15. The van der Waals surface area contributed by atoms with E-state index in [0.29, 0.717) is 42.0 Å². The van der Waals surface area contributed by atoms with Gasteiger partial charge in [-0.15, -0.1) is 11.3 Å². The number of nitrogens with one attached hydrogen (secondary N) is 2. The van der Waals surface area contributed by atoms with E-state index in [0.717, 1.165) is 47.1 Å². The molecule has 0 bridgehead atoms. The highest BCUT2D eigenvalue weighted by Gasteiger charge is 2.33. The summed E-state index contributed by atoms with van der Waals surface area (Å²) in [5, 5.41) is 16.7. The van der Waals surface area contributed by atoms with Crippen molar-refractivity contribution >= 4 is 50.9 Å². The number of benzene rings is 1. The molecule has 48 heavy (non-hydrogen) atoms. The topological polar surface area (TPSA) is 141 Å². The SMILES string of the molecule is CC(C)(O)c1cc2nc(C3CCN(Cc4cc(N5CCC(=O)NC5=O)ncc4F)CC3)sc2cc1NC(=O)c1ccc(C(F)(F)F)nc1. The summed E-state index contributed by atoms with van der Waals surface area (Å²) in [6.07, 6.45) is -1.06. The second kappa shape index (κ2) is 12.8. The van der Waals surface area contributed by atoms with Crippen LogP contribution in [0.4, 0.5) is 33.9 Å². The van der Waals surface area contributed by atoms with Crippen molar-refractivity contribution in [3.05, 3.63) is 75.9 Å². The molecule has 0 saturated carbocycles. The summed E-state index contributed by atoms with van der Waals surface area (Å²) in [6.45, 7) is 4.92. The predicted molar refractivity (Wildman–Crippen MR) is 169 cm³/mol. The highest BCUT2D eigenvalue weighted by atomic mass is 32.1. The molecule has 4 aromatic rings. The van der Waals surface area contributed by atoms with Gasteiger partial charge in [-0.2, -0.15) is 13.2 Å². The van der Waals surface area contributed by atoms with Crippen molar-refractivity contribution in [1.82, 2.24) is 25.2 Å². The first-order chi connectivity index (χ1) is 22.7. The number of aromatic nitrogens is 3. The van der Waals surface area contributed by atoms with Gasteiger partial charge in [0.2, 0.25) is 5.91 Å². The van der Waals surface area contributed by atoms with E-state index >= 15 is 0 Å². The maximum absolute atomic E-state index is 14.7. The largest absolute Gasteiger partial charge is 0.433 e. The molecule has 0 aliphatic carbocycles. The molecular weight excluding hydrogens is 654 g/mol. The molecule has 252 valence electrons. The van der Waals surface area contributed by atoms with Crippen molar-refractivity contribution < 1.29 is 37.1 Å². The third-order valence-electron chi connectivity index (χ3n) is 8.35. The minimum atomic E-state index is -4.63. The second-order valence-electron chi connectivity index (χ2n) is 12.3. The Kier molecular flexibility index (Phi) is 8.91. The Bertz CT molecular complexity index is 1880. The number of aliphatic hydroxyl groups is 1. The van der Waals surface area contributed by atoms with Crippen molar-refractivity contribution in [2.24, 2.45) is 0 Å². The number of hydrogen-bond donors (Lipinski definition) is 3. The van der Waals surface area contributed by atoms with Crippen molar-refractivity contribution in [2.75, 3.05) is 29.9 Å². The minimum Gasteiger partial charge on any atom is -0.386 e. The molecule has 2 saturated heterocycles. The lowest BCUT2D eigenvalue weighted by Crippen LogP contribution is -2.50. The summed E-state index contributed by atoms with van der Waals surface area (Å²) < 4.78 is 54.2. The van der Waals surface area contributed by atoms with Gasteiger partial charge >= 0.3 is 12.2 Å². The van der Waals surface area contributed by atoms with E-state index in [-0.39, 0.29) is 36.2 Å². The number of fused-ring (bicyclic) bond motifs is 1. The molecule has 0 unspecified atom stereocenters. The van der Waals surface area contributed by atoms with Gasteiger partial charge in [-0.1, -0.05) is 0 Å². The van der Waals surface area contributed by atoms with Crippen LogP contribution in [-0.2, 0) is 23.1 Å². The van der Waals surface area contributed by atoms with Gasteiger partial charge < -0.3 is 10.4 Å². The number of pyridine rings is 2. The molecule has 11 nitrogen and oxygen atoms in total. The zero-order valence-electron chi connectivity index (χ0n) is 25.9. The van der Waals surface area contributed by atoms with Gasteiger partial charge in [0.15, 0.2) is 0 Å². The Labute approximate surface area is 276 Å². The molecule has 0 atom stereocenters. The van der Waals surface area contributed by atoms with E-state index in [2.05, 4.69) is 25.5 Å². The monoisotopic (exact) mass is 685 g/mol. The number of nitrogens with zero attached hydrogens (tertiary/aromatic N) is 5. The minimum absolute atomic E-state index is 0.0714. The summed E-state index contributed by atoms with van der Waals surface area (Å²) in [5.74, 6) is -1.13. The molecule has 4 amide bonds. The van der Waals surface area contributed by atoms with E-state index in [1.165, 1.54) is 22.3 Å². The van der Waals surface area contributed by atoms with Crippen LogP contribution in [0.5, 0.6) is 0 Å². The number of carbonyl (C=O) groups is 3. The van der Waals surface area contributed by atoms with E-state index in [4.69, 9.17) is 4.98 Å². The second-order valence-corrected chi connectivity index (χ2v) is 13.4. The molecule has 3 aromatic heterocycles.